The minimum absolute atomic E-state index is 0.0789. The Hall–Kier alpha value is -2.64. The number of hydrogen-bond acceptors (Lipinski definition) is 5. The smallest absolute Gasteiger partial charge is 0.246 e. The second-order valence-corrected chi connectivity index (χ2v) is 6.43. The lowest BCUT2D eigenvalue weighted by Crippen LogP contribution is -2.37. The maximum atomic E-state index is 12.6. The number of carbonyl (C=O) groups is 1. The van der Waals surface area contributed by atoms with Crippen molar-refractivity contribution in [3.05, 3.63) is 47.5 Å². The molecule has 1 amide bonds. The molecule has 1 aliphatic rings. The Morgan fingerprint density at radius 1 is 1.15 bits per heavy atom. The molecule has 2 aromatic carbocycles. The molecule has 1 aliphatic heterocycles. The summed E-state index contributed by atoms with van der Waals surface area (Å²) in [5, 5.41) is 11.7. The number of morpholine rings is 1. The minimum atomic E-state index is -0.183. The Labute approximate surface area is 155 Å². The first-order chi connectivity index (χ1) is 12.7. The second-order valence-electron chi connectivity index (χ2n) is 6.02. The predicted molar refractivity (Wildman–Crippen MR) is 101 cm³/mol. The Morgan fingerprint density at radius 2 is 1.96 bits per heavy atom. The lowest BCUT2D eigenvalue weighted by atomic mass is 10.2. The van der Waals surface area contributed by atoms with Gasteiger partial charge in [-0.2, -0.15) is 0 Å². The first-order valence-electron chi connectivity index (χ1n) is 8.41. The first kappa shape index (κ1) is 16.8. The number of para-hydroxylation sites is 2. The van der Waals surface area contributed by atoms with Crippen molar-refractivity contribution < 1.29 is 9.53 Å². The highest BCUT2D eigenvalue weighted by molar-refractivity contribution is 6.34. The van der Waals surface area contributed by atoms with E-state index in [1.165, 1.54) is 0 Å². The van der Waals surface area contributed by atoms with E-state index in [4.69, 9.17) is 16.3 Å². The normalized spacial score (nSPS) is 14.6. The van der Waals surface area contributed by atoms with E-state index >= 15 is 0 Å². The number of benzene rings is 2. The first-order valence-corrected chi connectivity index (χ1v) is 8.79. The van der Waals surface area contributed by atoms with Crippen LogP contribution in [-0.4, -0.2) is 47.2 Å². The molecule has 26 heavy (non-hydrogen) atoms. The molecular weight excluding hydrogens is 354 g/mol. The van der Waals surface area contributed by atoms with Gasteiger partial charge >= 0.3 is 0 Å². The van der Waals surface area contributed by atoms with Crippen LogP contribution in [-0.2, 0) is 16.1 Å². The van der Waals surface area contributed by atoms with Crippen LogP contribution in [0, 0.1) is 0 Å². The number of halogens is 1. The van der Waals surface area contributed by atoms with Crippen molar-refractivity contribution in [2.45, 2.75) is 6.54 Å². The van der Waals surface area contributed by atoms with Gasteiger partial charge in [0.25, 0.3) is 0 Å². The molecule has 0 unspecified atom stereocenters. The van der Waals surface area contributed by atoms with E-state index in [9.17, 15) is 4.79 Å². The van der Waals surface area contributed by atoms with Crippen LogP contribution in [0.4, 0.5) is 11.4 Å². The maximum Gasteiger partial charge on any atom is 0.246 e. The van der Waals surface area contributed by atoms with Crippen molar-refractivity contribution in [3.63, 3.8) is 0 Å². The SMILES string of the molecule is O=C(Cn1nnc2ccccc21)Nc1cccc(Cl)c1N1CCOCC1. The number of aromatic nitrogens is 3. The molecular formula is C18H18ClN5O2. The fourth-order valence-corrected chi connectivity index (χ4v) is 3.38. The number of carbonyl (C=O) groups excluding carboxylic acids is 1. The molecule has 4 rings (SSSR count). The summed E-state index contributed by atoms with van der Waals surface area (Å²) in [5.41, 5.74) is 3.10. The summed E-state index contributed by atoms with van der Waals surface area (Å²) in [5.74, 6) is -0.183. The van der Waals surface area contributed by atoms with E-state index in [1.807, 2.05) is 42.5 Å². The van der Waals surface area contributed by atoms with E-state index in [-0.39, 0.29) is 12.5 Å². The third-order valence-corrected chi connectivity index (χ3v) is 4.61. The van der Waals surface area contributed by atoms with Gasteiger partial charge < -0.3 is 15.0 Å². The van der Waals surface area contributed by atoms with Gasteiger partial charge in [0.15, 0.2) is 0 Å². The van der Waals surface area contributed by atoms with Crippen LogP contribution in [0.3, 0.4) is 0 Å². The van der Waals surface area contributed by atoms with Gasteiger partial charge in [0.1, 0.15) is 12.1 Å². The lowest BCUT2D eigenvalue weighted by molar-refractivity contribution is -0.116. The van der Waals surface area contributed by atoms with Crippen molar-refractivity contribution >= 4 is 39.9 Å². The summed E-state index contributed by atoms with van der Waals surface area (Å²) >= 11 is 6.41. The number of nitrogens with one attached hydrogen (secondary N) is 1. The van der Waals surface area contributed by atoms with Gasteiger partial charge in [-0.3, -0.25) is 4.79 Å². The maximum absolute atomic E-state index is 12.6. The Bertz CT molecular complexity index is 936. The molecule has 1 fully saturated rings. The number of amides is 1. The Balaban J connectivity index is 1.55. The van der Waals surface area contributed by atoms with Gasteiger partial charge in [0, 0.05) is 13.1 Å². The second kappa shape index (κ2) is 7.31. The summed E-state index contributed by atoms with van der Waals surface area (Å²) in [4.78, 5) is 14.7. The molecule has 3 aromatic rings. The number of anilines is 2. The number of nitrogens with zero attached hydrogens (tertiary/aromatic N) is 4. The minimum Gasteiger partial charge on any atom is -0.378 e. The van der Waals surface area contributed by atoms with Crippen molar-refractivity contribution in [2.24, 2.45) is 0 Å². The Morgan fingerprint density at radius 3 is 2.81 bits per heavy atom. The monoisotopic (exact) mass is 371 g/mol. The van der Waals surface area contributed by atoms with E-state index in [1.54, 1.807) is 4.68 Å². The van der Waals surface area contributed by atoms with E-state index in [2.05, 4.69) is 20.5 Å². The molecule has 2 heterocycles. The van der Waals surface area contributed by atoms with Gasteiger partial charge in [0.05, 0.1) is 35.1 Å². The van der Waals surface area contributed by atoms with E-state index in [0.717, 1.165) is 29.8 Å². The summed E-state index contributed by atoms with van der Waals surface area (Å²) in [6, 6.07) is 13.1. The van der Waals surface area contributed by atoms with Crippen molar-refractivity contribution in [1.29, 1.82) is 0 Å². The number of hydrogen-bond donors (Lipinski definition) is 1. The molecule has 134 valence electrons. The number of ether oxygens (including phenoxy) is 1. The molecule has 8 heteroatoms. The van der Waals surface area contributed by atoms with Crippen LogP contribution in [0.15, 0.2) is 42.5 Å². The molecule has 0 radical (unpaired) electrons. The molecule has 0 bridgehead atoms. The fourth-order valence-electron chi connectivity index (χ4n) is 3.08. The van der Waals surface area contributed by atoms with Crippen LogP contribution >= 0.6 is 11.6 Å². The standard InChI is InChI=1S/C18H18ClN5O2/c19-13-4-3-6-15(18(13)23-8-10-26-11-9-23)20-17(25)12-24-16-7-2-1-5-14(16)21-22-24/h1-7H,8-12H2,(H,20,25). The number of rotatable bonds is 4. The fraction of sp³-hybridized carbons (Fsp3) is 0.278. The van der Waals surface area contributed by atoms with Crippen LogP contribution < -0.4 is 10.2 Å². The van der Waals surface area contributed by atoms with E-state index in [0.29, 0.717) is 23.9 Å². The summed E-state index contributed by atoms with van der Waals surface area (Å²) in [6.07, 6.45) is 0. The average molecular weight is 372 g/mol. The van der Waals surface area contributed by atoms with E-state index < -0.39 is 0 Å². The third kappa shape index (κ3) is 3.36. The van der Waals surface area contributed by atoms with Crippen molar-refractivity contribution in [3.8, 4) is 0 Å². The van der Waals surface area contributed by atoms with Crippen LogP contribution in [0.2, 0.25) is 5.02 Å². The average Bonchev–Trinajstić information content (AvgIpc) is 3.05. The molecule has 0 atom stereocenters. The van der Waals surface area contributed by atoms with Gasteiger partial charge in [0.2, 0.25) is 5.91 Å². The van der Waals surface area contributed by atoms with Crippen LogP contribution in [0.5, 0.6) is 0 Å². The lowest BCUT2D eigenvalue weighted by Gasteiger charge is -2.31. The van der Waals surface area contributed by atoms with Crippen LogP contribution in [0.1, 0.15) is 0 Å². The van der Waals surface area contributed by atoms with Crippen molar-refractivity contribution in [2.75, 3.05) is 36.5 Å². The molecule has 0 aliphatic carbocycles. The molecule has 1 N–H and O–H groups in total. The molecule has 1 saturated heterocycles. The number of fused-ring (bicyclic) bond motifs is 1. The molecule has 0 spiro atoms. The van der Waals surface area contributed by atoms with Gasteiger partial charge in [-0.25, -0.2) is 4.68 Å². The zero-order valence-electron chi connectivity index (χ0n) is 14.1. The summed E-state index contributed by atoms with van der Waals surface area (Å²) in [6.45, 7) is 2.84. The summed E-state index contributed by atoms with van der Waals surface area (Å²) in [7, 11) is 0. The zero-order chi connectivity index (χ0) is 17.9. The van der Waals surface area contributed by atoms with Crippen LogP contribution in [0.25, 0.3) is 11.0 Å². The van der Waals surface area contributed by atoms with Gasteiger partial charge in [-0.15, -0.1) is 5.10 Å². The van der Waals surface area contributed by atoms with Crippen molar-refractivity contribution in [1.82, 2.24) is 15.0 Å². The molecule has 7 nitrogen and oxygen atoms in total. The summed E-state index contributed by atoms with van der Waals surface area (Å²) < 4.78 is 6.99. The highest BCUT2D eigenvalue weighted by atomic mass is 35.5. The quantitative estimate of drug-likeness (QED) is 0.763. The predicted octanol–water partition coefficient (Wildman–Crippen LogP) is 2.56. The third-order valence-electron chi connectivity index (χ3n) is 4.30. The van der Waals surface area contributed by atoms with Gasteiger partial charge in [-0.05, 0) is 24.3 Å². The zero-order valence-corrected chi connectivity index (χ0v) is 14.8. The molecule has 1 aromatic heterocycles. The topological polar surface area (TPSA) is 72.3 Å². The largest absolute Gasteiger partial charge is 0.378 e. The highest BCUT2D eigenvalue weighted by Crippen LogP contribution is 2.34. The van der Waals surface area contributed by atoms with Gasteiger partial charge in [-0.1, -0.05) is 35.0 Å². The Kier molecular flexibility index (Phi) is 4.73. The highest BCUT2D eigenvalue weighted by Gasteiger charge is 2.19. The molecule has 0 saturated carbocycles.